The minimum atomic E-state index is -1.35. The fraction of sp³-hybridized carbons (Fsp3) is 0.500. The SMILES string of the molecule is CC[As](CCO)c1ccc([As]CCO)c([N+](=O)[O-])c1.Cl. The maximum Gasteiger partial charge on any atom is -0.147 e. The number of nitrogens with zero attached hydrogens (tertiary/aromatic N) is 1. The number of rotatable bonds is 8. The fourth-order valence-electron chi connectivity index (χ4n) is 1.75. The van der Waals surface area contributed by atoms with E-state index in [-0.39, 0.29) is 52.0 Å². The molecule has 0 bridgehead atoms. The van der Waals surface area contributed by atoms with Crippen LogP contribution in [0.1, 0.15) is 6.92 Å². The van der Waals surface area contributed by atoms with E-state index in [2.05, 4.69) is 6.92 Å². The van der Waals surface area contributed by atoms with Crippen molar-refractivity contribution in [1.29, 1.82) is 0 Å². The van der Waals surface area contributed by atoms with Crippen LogP contribution in [0.3, 0.4) is 0 Å². The van der Waals surface area contributed by atoms with Gasteiger partial charge in [-0.2, -0.15) is 0 Å². The van der Waals surface area contributed by atoms with Crippen molar-refractivity contribution in [1.82, 2.24) is 0 Å². The Morgan fingerprint density at radius 2 is 2.05 bits per heavy atom. The summed E-state index contributed by atoms with van der Waals surface area (Å²) in [6.07, 6.45) is 0. The third kappa shape index (κ3) is 5.75. The van der Waals surface area contributed by atoms with Crippen LogP contribution in [-0.4, -0.2) is 58.8 Å². The van der Waals surface area contributed by atoms with Crippen LogP contribution in [0.15, 0.2) is 18.2 Å². The second-order valence-electron chi connectivity index (χ2n) is 3.84. The Balaban J connectivity index is 0.00000361. The summed E-state index contributed by atoms with van der Waals surface area (Å²) in [5, 5.41) is 31.4. The van der Waals surface area contributed by atoms with Gasteiger partial charge in [0.2, 0.25) is 0 Å². The second kappa shape index (κ2) is 10.6. The van der Waals surface area contributed by atoms with Crippen LogP contribution in [0.4, 0.5) is 5.69 Å². The van der Waals surface area contributed by atoms with Gasteiger partial charge >= 0.3 is 124 Å². The Bertz CT molecular complexity index is 434. The molecule has 1 radical (unpaired) electrons. The van der Waals surface area contributed by atoms with E-state index in [9.17, 15) is 10.1 Å². The molecule has 0 aliphatic rings. The molecule has 0 heterocycles. The smallest absolute Gasteiger partial charge is 0.147 e. The molecule has 8 heteroatoms. The molecule has 0 aliphatic carbocycles. The molecule has 113 valence electrons. The first-order chi connectivity index (χ1) is 9.13. The summed E-state index contributed by atoms with van der Waals surface area (Å²) < 4.78 is 1.83. The largest absolute Gasteiger partial charge is 0.147 e. The maximum atomic E-state index is 11.1. The first-order valence-electron chi connectivity index (χ1n) is 6.06. The molecule has 20 heavy (non-hydrogen) atoms. The Labute approximate surface area is 136 Å². The summed E-state index contributed by atoms with van der Waals surface area (Å²) in [5.41, 5.74) is 0.191. The van der Waals surface area contributed by atoms with E-state index in [0.29, 0.717) is 5.21 Å². The van der Waals surface area contributed by atoms with Crippen molar-refractivity contribution in [2.75, 3.05) is 13.2 Å². The van der Waals surface area contributed by atoms with Crippen LogP contribution < -0.4 is 8.70 Å². The second-order valence-corrected chi connectivity index (χ2v) is 12.1. The number of hydrogen-bond acceptors (Lipinski definition) is 4. The molecule has 1 aromatic rings. The van der Waals surface area contributed by atoms with Crippen molar-refractivity contribution in [2.24, 2.45) is 0 Å². The van der Waals surface area contributed by atoms with Crippen LogP contribution in [0, 0.1) is 10.1 Å². The summed E-state index contributed by atoms with van der Waals surface area (Å²) in [5.74, 6) is 0. The van der Waals surface area contributed by atoms with E-state index in [0.717, 1.165) is 19.1 Å². The predicted molar refractivity (Wildman–Crippen MR) is 85.4 cm³/mol. The molecule has 0 amide bonds. The number of nitro benzene ring substituents is 1. The van der Waals surface area contributed by atoms with Crippen molar-refractivity contribution >= 4 is 57.2 Å². The van der Waals surface area contributed by atoms with Crippen LogP contribution >= 0.6 is 12.4 Å². The van der Waals surface area contributed by atoms with Gasteiger partial charge in [0.15, 0.2) is 0 Å². The molecule has 0 aromatic heterocycles. The maximum absolute atomic E-state index is 11.1. The Kier molecular flexibility index (Phi) is 10.6. The fourth-order valence-corrected chi connectivity index (χ4v) is 7.20. The van der Waals surface area contributed by atoms with Gasteiger partial charge in [-0.15, -0.1) is 12.4 Å². The average Bonchev–Trinajstić information content (AvgIpc) is 2.42. The molecule has 0 spiro atoms. The Morgan fingerprint density at radius 1 is 1.35 bits per heavy atom. The van der Waals surface area contributed by atoms with E-state index in [4.69, 9.17) is 10.2 Å². The molecule has 1 unspecified atom stereocenters. The minimum absolute atomic E-state index is 0. The van der Waals surface area contributed by atoms with Crippen molar-refractivity contribution in [2.45, 2.75) is 22.5 Å². The number of hydrogen-bond donors (Lipinski definition) is 2. The minimum Gasteiger partial charge on any atom is -0.147 e. The zero-order valence-corrected chi connectivity index (χ0v) is 15.8. The molecule has 0 saturated carbocycles. The Morgan fingerprint density at radius 3 is 2.55 bits per heavy atom. The molecule has 0 fully saturated rings. The topological polar surface area (TPSA) is 83.6 Å². The molecule has 1 atom stereocenters. The standard InChI is InChI=1S/C12H18As2NO4.ClH/c1-2-14(6-8-17)10-3-4-11(13-5-7-16)12(9-10)15(18)19;/h3-4,9,16-17H,2,5-8H2,1H3;1H. The molecular formula is C12H19As2ClNO4. The van der Waals surface area contributed by atoms with Crippen LogP contribution in [0.2, 0.25) is 15.6 Å². The molecule has 1 aromatic carbocycles. The van der Waals surface area contributed by atoms with Crippen molar-refractivity contribution in [3.63, 3.8) is 0 Å². The van der Waals surface area contributed by atoms with Crippen molar-refractivity contribution in [3.05, 3.63) is 28.3 Å². The first kappa shape index (κ1) is 19.9. The quantitative estimate of drug-likeness (QED) is 0.360. The molecule has 1 rings (SSSR count). The molecule has 0 saturated heterocycles. The van der Waals surface area contributed by atoms with Gasteiger partial charge in [-0.25, -0.2) is 0 Å². The van der Waals surface area contributed by atoms with Crippen molar-refractivity contribution < 1.29 is 15.1 Å². The van der Waals surface area contributed by atoms with Gasteiger partial charge in [0.25, 0.3) is 0 Å². The predicted octanol–water partition coefficient (Wildman–Crippen LogP) is 0.471. The third-order valence-electron chi connectivity index (χ3n) is 2.65. The van der Waals surface area contributed by atoms with Gasteiger partial charge in [0.05, 0.1) is 0 Å². The number of aliphatic hydroxyl groups excluding tert-OH is 2. The van der Waals surface area contributed by atoms with E-state index in [1.165, 1.54) is 0 Å². The number of nitro groups is 1. The summed E-state index contributed by atoms with van der Waals surface area (Å²) in [4.78, 5) is 10.8. The van der Waals surface area contributed by atoms with Crippen molar-refractivity contribution in [3.8, 4) is 0 Å². The number of halogens is 1. The molecule has 2 N–H and O–H groups in total. The van der Waals surface area contributed by atoms with Gasteiger partial charge in [0, 0.05) is 0 Å². The summed E-state index contributed by atoms with van der Waals surface area (Å²) in [6.45, 7) is 2.31. The monoisotopic (exact) mass is 426 g/mol. The molecule has 0 aliphatic heterocycles. The van der Waals surface area contributed by atoms with E-state index in [1.807, 2.05) is 12.1 Å². The van der Waals surface area contributed by atoms with Crippen LogP contribution in [-0.2, 0) is 0 Å². The normalized spacial score (nSPS) is 12.3. The molecular weight excluding hydrogens is 407 g/mol. The van der Waals surface area contributed by atoms with Gasteiger partial charge < -0.3 is 0 Å². The van der Waals surface area contributed by atoms with E-state index < -0.39 is 14.7 Å². The van der Waals surface area contributed by atoms with Gasteiger partial charge in [0.1, 0.15) is 0 Å². The van der Waals surface area contributed by atoms with Crippen LogP contribution in [0.25, 0.3) is 0 Å². The van der Waals surface area contributed by atoms with Gasteiger partial charge in [-0.3, -0.25) is 0 Å². The van der Waals surface area contributed by atoms with Gasteiger partial charge in [-0.05, 0) is 0 Å². The van der Waals surface area contributed by atoms with E-state index >= 15 is 0 Å². The zero-order valence-electron chi connectivity index (χ0n) is 11.2. The van der Waals surface area contributed by atoms with E-state index in [1.54, 1.807) is 6.07 Å². The summed E-state index contributed by atoms with van der Waals surface area (Å²) >= 11 is -1.70. The Hall–Kier alpha value is -0.0531. The number of aliphatic hydroxyl groups is 2. The third-order valence-corrected chi connectivity index (χ3v) is 10.3. The zero-order chi connectivity index (χ0) is 14.3. The molecule has 5 nitrogen and oxygen atoms in total. The van der Waals surface area contributed by atoms with Gasteiger partial charge in [-0.1, -0.05) is 0 Å². The summed E-state index contributed by atoms with van der Waals surface area (Å²) in [6, 6.07) is 5.52. The number of benzene rings is 1. The summed E-state index contributed by atoms with van der Waals surface area (Å²) in [7, 11) is 0. The van der Waals surface area contributed by atoms with Crippen LogP contribution in [0.5, 0.6) is 0 Å². The first-order valence-corrected chi connectivity index (χ1v) is 11.9. The average molecular weight is 427 g/mol.